The molecule has 1 N–H and O–H groups in total. The van der Waals surface area contributed by atoms with Crippen LogP contribution >= 0.6 is 0 Å². The topological polar surface area (TPSA) is 109 Å². The molecule has 2 rings (SSSR count). The van der Waals surface area contributed by atoms with Gasteiger partial charge in [-0.1, -0.05) is 17.7 Å². The number of hydrogen-bond acceptors (Lipinski definition) is 5. The molecule has 0 spiro atoms. The predicted molar refractivity (Wildman–Crippen MR) is 72.3 cm³/mol. The van der Waals surface area contributed by atoms with Gasteiger partial charge in [-0.3, -0.25) is 9.59 Å². The molecule has 0 aromatic heterocycles. The molecule has 1 aromatic carbocycles. The van der Waals surface area contributed by atoms with Crippen molar-refractivity contribution in [2.24, 2.45) is 0 Å². The van der Waals surface area contributed by atoms with E-state index >= 15 is 0 Å². The summed E-state index contributed by atoms with van der Waals surface area (Å²) in [5.74, 6) is -1.28. The number of ketones is 1. The Hall–Kier alpha value is -2.31. The summed E-state index contributed by atoms with van der Waals surface area (Å²) in [5.41, 5.74) is 7.54. The van der Waals surface area contributed by atoms with Crippen LogP contribution in [0, 0.1) is 12.5 Å². The Balaban J connectivity index is 2.45. The van der Waals surface area contributed by atoms with E-state index in [4.69, 9.17) is 5.53 Å². The van der Waals surface area contributed by atoms with Crippen LogP contribution in [0.2, 0.25) is 0 Å². The average molecular weight is 308 g/mol. The highest BCUT2D eigenvalue weighted by atomic mass is 32.2. The highest BCUT2D eigenvalue weighted by Gasteiger charge is 2.44. The lowest BCUT2D eigenvalue weighted by molar-refractivity contribution is -0.135. The number of nitrogens with one attached hydrogen (secondary N) is 1. The van der Waals surface area contributed by atoms with Gasteiger partial charge in [-0.15, -0.1) is 0 Å². The van der Waals surface area contributed by atoms with Gasteiger partial charge >= 0.3 is 6.21 Å². The summed E-state index contributed by atoms with van der Waals surface area (Å²) in [5, 5.41) is 0. The minimum Gasteiger partial charge on any atom is -0.284 e. The Morgan fingerprint density at radius 3 is 2.57 bits per heavy atom. The first-order valence-corrected chi connectivity index (χ1v) is 7.69. The van der Waals surface area contributed by atoms with E-state index < -0.39 is 27.8 Å². The molecular formula is C13H14N3O4S+. The molecule has 1 aliphatic heterocycles. The molecule has 0 bridgehead atoms. The summed E-state index contributed by atoms with van der Waals surface area (Å²) in [7, 11) is -4.08. The van der Waals surface area contributed by atoms with Gasteiger partial charge in [0.25, 0.3) is 15.8 Å². The molecule has 7 nitrogen and oxygen atoms in total. The SMILES string of the molecule is Cc1ccc(S(=O)(=O)N2C(=O)CCC2C(=O)C=[N+]=N)cc1. The summed E-state index contributed by atoms with van der Waals surface area (Å²) in [6.07, 6.45) is 0.809. The lowest BCUT2D eigenvalue weighted by atomic mass is 10.1. The second-order valence-electron chi connectivity index (χ2n) is 4.72. The molecule has 1 heterocycles. The van der Waals surface area contributed by atoms with Crippen LogP contribution in [0.4, 0.5) is 0 Å². The largest absolute Gasteiger partial charge is 0.374 e. The van der Waals surface area contributed by atoms with Crippen LogP contribution < -0.4 is 0 Å². The van der Waals surface area contributed by atoms with Crippen molar-refractivity contribution in [2.45, 2.75) is 30.7 Å². The predicted octanol–water partition coefficient (Wildman–Crippen LogP) is 0.554. The number of carbonyl (C=O) groups excluding carboxylic acids is 2. The number of carbonyl (C=O) groups is 2. The first-order valence-electron chi connectivity index (χ1n) is 6.25. The number of benzene rings is 1. The van der Waals surface area contributed by atoms with E-state index in [0.29, 0.717) is 4.31 Å². The number of sulfonamides is 1. The summed E-state index contributed by atoms with van der Waals surface area (Å²) in [6.45, 7) is 1.81. The third-order valence-electron chi connectivity index (χ3n) is 3.26. The Bertz CT molecular complexity index is 733. The monoisotopic (exact) mass is 308 g/mol. The van der Waals surface area contributed by atoms with Gasteiger partial charge in [0.05, 0.1) is 15.2 Å². The van der Waals surface area contributed by atoms with Gasteiger partial charge in [-0.05, 0) is 25.5 Å². The van der Waals surface area contributed by atoms with Crippen LogP contribution in [0.5, 0.6) is 0 Å². The fraction of sp³-hybridized carbons (Fsp3) is 0.308. The molecule has 1 aromatic rings. The molecule has 0 aliphatic carbocycles. The van der Waals surface area contributed by atoms with Crippen LogP contribution in [-0.4, -0.2) is 41.5 Å². The Morgan fingerprint density at radius 1 is 1.38 bits per heavy atom. The minimum absolute atomic E-state index is 0.0205. The maximum Gasteiger partial charge on any atom is 0.374 e. The van der Waals surface area contributed by atoms with E-state index in [-0.39, 0.29) is 17.7 Å². The molecule has 0 saturated carbocycles. The third kappa shape index (κ3) is 2.76. The van der Waals surface area contributed by atoms with Crippen LogP contribution in [0.15, 0.2) is 29.2 Å². The Morgan fingerprint density at radius 2 is 2.00 bits per heavy atom. The van der Waals surface area contributed by atoms with Gasteiger partial charge in [0.15, 0.2) is 0 Å². The highest BCUT2D eigenvalue weighted by molar-refractivity contribution is 7.89. The van der Waals surface area contributed by atoms with E-state index in [1.807, 2.05) is 6.92 Å². The van der Waals surface area contributed by atoms with Gasteiger partial charge in [0.1, 0.15) is 6.04 Å². The number of hydrogen-bond donors (Lipinski definition) is 1. The normalized spacial score (nSPS) is 18.4. The van der Waals surface area contributed by atoms with Gasteiger partial charge in [-0.2, -0.15) is 0 Å². The fourth-order valence-electron chi connectivity index (χ4n) is 2.19. The molecular weight excluding hydrogens is 294 g/mol. The number of amides is 1. The molecule has 110 valence electrons. The highest BCUT2D eigenvalue weighted by Crippen LogP contribution is 2.27. The first-order chi connectivity index (χ1) is 9.87. The Labute approximate surface area is 121 Å². The van der Waals surface area contributed by atoms with E-state index in [1.165, 1.54) is 12.1 Å². The minimum atomic E-state index is -4.08. The molecule has 1 unspecified atom stereocenters. The first kappa shape index (κ1) is 15.1. The van der Waals surface area contributed by atoms with Crippen molar-refractivity contribution in [1.29, 1.82) is 5.53 Å². The molecule has 1 atom stereocenters. The molecule has 1 saturated heterocycles. The van der Waals surface area contributed by atoms with Crippen LogP contribution in [-0.2, 0) is 19.6 Å². The summed E-state index contributed by atoms with van der Waals surface area (Å²) < 4.78 is 25.7. The maximum absolute atomic E-state index is 12.5. The Kier molecular flexibility index (Phi) is 4.02. The van der Waals surface area contributed by atoms with Crippen molar-refractivity contribution in [3.63, 3.8) is 0 Å². The number of aryl methyl sites for hydroxylation is 1. The van der Waals surface area contributed by atoms with E-state index in [0.717, 1.165) is 11.8 Å². The summed E-state index contributed by atoms with van der Waals surface area (Å²) in [6, 6.07) is 4.93. The van der Waals surface area contributed by atoms with Crippen LogP contribution in [0.1, 0.15) is 18.4 Å². The van der Waals surface area contributed by atoms with Crippen LogP contribution in [0.3, 0.4) is 0 Å². The number of nitrogens with zero attached hydrogens (tertiary/aromatic N) is 2. The maximum atomic E-state index is 12.5. The van der Waals surface area contributed by atoms with Gasteiger partial charge in [0, 0.05) is 6.42 Å². The van der Waals surface area contributed by atoms with E-state index in [2.05, 4.69) is 4.79 Å². The fourth-order valence-corrected chi connectivity index (χ4v) is 3.81. The second-order valence-corrected chi connectivity index (χ2v) is 6.54. The van der Waals surface area contributed by atoms with Crippen molar-refractivity contribution in [2.75, 3.05) is 0 Å². The molecule has 8 heteroatoms. The van der Waals surface area contributed by atoms with Gasteiger partial charge in [0.2, 0.25) is 5.91 Å². The second kappa shape index (κ2) is 5.59. The van der Waals surface area contributed by atoms with Crippen LogP contribution in [0.25, 0.3) is 0 Å². The molecule has 1 aliphatic rings. The zero-order valence-corrected chi connectivity index (χ0v) is 12.1. The standard InChI is InChI=1S/C13H14N3O4S/c1-9-2-4-10(5-3-9)21(19,20)16-11(6-7-13(16)18)12(17)8-15-14/h2-5,8,11,14H,6-7H2,1H3/q+1. The van der Waals surface area contributed by atoms with Crippen molar-refractivity contribution < 1.29 is 22.8 Å². The number of rotatable bonds is 4. The van der Waals surface area contributed by atoms with Gasteiger partial charge < -0.3 is 0 Å². The van der Waals surface area contributed by atoms with Crippen molar-refractivity contribution in [1.82, 2.24) is 4.31 Å². The zero-order chi connectivity index (χ0) is 15.6. The smallest absolute Gasteiger partial charge is 0.284 e. The summed E-state index contributed by atoms with van der Waals surface area (Å²) >= 11 is 0. The van der Waals surface area contributed by atoms with Crippen molar-refractivity contribution >= 4 is 27.9 Å². The molecule has 1 amide bonds. The number of Topliss-reactive ketones (excluding diaryl/α,β-unsaturated/α-hetero) is 1. The lowest BCUT2D eigenvalue weighted by Crippen LogP contribution is -2.43. The van der Waals surface area contributed by atoms with Crippen molar-refractivity contribution in [3.8, 4) is 0 Å². The van der Waals surface area contributed by atoms with E-state index in [9.17, 15) is 18.0 Å². The lowest BCUT2D eigenvalue weighted by Gasteiger charge is -2.21. The average Bonchev–Trinajstić information content (AvgIpc) is 2.82. The van der Waals surface area contributed by atoms with Crippen molar-refractivity contribution in [3.05, 3.63) is 29.8 Å². The van der Waals surface area contributed by atoms with E-state index in [1.54, 1.807) is 12.1 Å². The third-order valence-corrected chi connectivity index (χ3v) is 5.10. The summed E-state index contributed by atoms with van der Waals surface area (Å²) in [4.78, 5) is 26.5. The zero-order valence-electron chi connectivity index (χ0n) is 11.3. The molecule has 0 radical (unpaired) electrons. The van der Waals surface area contributed by atoms with Gasteiger partial charge in [-0.25, -0.2) is 12.7 Å². The molecule has 1 fully saturated rings. The quantitative estimate of drug-likeness (QED) is 0.497. The molecule has 21 heavy (non-hydrogen) atoms.